The van der Waals surface area contributed by atoms with Gasteiger partial charge in [0.05, 0.1) is 13.2 Å². The molecule has 0 aliphatic carbocycles. The quantitative estimate of drug-likeness (QED) is 0.300. The third kappa shape index (κ3) is 6.03. The average molecular weight is 236 g/mol. The van der Waals surface area contributed by atoms with Crippen LogP contribution in [0, 0.1) is 0 Å². The van der Waals surface area contributed by atoms with Crippen LogP contribution >= 0.6 is 0 Å². The molecule has 5 nitrogen and oxygen atoms in total. The Balaban J connectivity index is 3.58. The van der Waals surface area contributed by atoms with E-state index in [0.717, 1.165) is 0 Å². The highest BCUT2D eigenvalue weighted by atomic mass is 28.2. The molecule has 0 N–H and O–H groups in total. The van der Waals surface area contributed by atoms with Gasteiger partial charge < -0.3 is 23.4 Å². The molecule has 0 spiro atoms. The molecule has 0 heterocycles. The molecule has 0 bridgehead atoms. The first kappa shape index (κ1) is 14.8. The first-order chi connectivity index (χ1) is 7.24. The van der Waals surface area contributed by atoms with Crippen LogP contribution in [0.1, 0.15) is 0 Å². The van der Waals surface area contributed by atoms with Gasteiger partial charge in [0.1, 0.15) is 6.61 Å². The van der Waals surface area contributed by atoms with Crippen LogP contribution < -0.4 is 0 Å². The van der Waals surface area contributed by atoms with Gasteiger partial charge in [0.15, 0.2) is 9.76 Å². The van der Waals surface area contributed by atoms with Crippen LogP contribution in [0.2, 0.25) is 0 Å². The molecule has 0 aliphatic heterocycles. The van der Waals surface area contributed by atoms with E-state index in [4.69, 9.17) is 23.4 Å². The largest absolute Gasteiger partial charge is 0.417 e. The Labute approximate surface area is 93.2 Å². The number of rotatable bonds is 10. The minimum Gasteiger partial charge on any atom is -0.417 e. The summed E-state index contributed by atoms with van der Waals surface area (Å²) in [6.45, 7) is 4.84. The lowest BCUT2D eigenvalue weighted by molar-refractivity contribution is -0.368. The maximum absolute atomic E-state index is 5.31. The number of methoxy groups -OCH3 is 3. The molecule has 0 radical (unpaired) electrons. The number of ether oxygens (including phenoxy) is 4. The zero-order chi connectivity index (χ0) is 11.6. The van der Waals surface area contributed by atoms with Crippen molar-refractivity contribution < 1.29 is 23.4 Å². The standard InChI is InChI=1S/C9H20O5Si/c1-5-15-14-7-6-13-8-9(10-2,11-3)12-4/h5H,1,6-8,15H2,2-4H3. The van der Waals surface area contributed by atoms with E-state index >= 15 is 0 Å². The Hall–Kier alpha value is -0.243. The van der Waals surface area contributed by atoms with E-state index in [1.54, 1.807) is 0 Å². The summed E-state index contributed by atoms with van der Waals surface area (Å²) >= 11 is 0. The third-order valence-electron chi connectivity index (χ3n) is 1.82. The molecule has 90 valence electrons. The van der Waals surface area contributed by atoms with Gasteiger partial charge in [0.2, 0.25) is 0 Å². The van der Waals surface area contributed by atoms with E-state index in [-0.39, 0.29) is 6.61 Å². The second-order valence-corrected chi connectivity index (χ2v) is 4.03. The number of hydrogen-bond donors (Lipinski definition) is 0. The van der Waals surface area contributed by atoms with Gasteiger partial charge in [0, 0.05) is 21.3 Å². The molecule has 15 heavy (non-hydrogen) atoms. The summed E-state index contributed by atoms with van der Waals surface area (Å²) < 4.78 is 25.7. The fourth-order valence-corrected chi connectivity index (χ4v) is 1.36. The van der Waals surface area contributed by atoms with Crippen molar-refractivity contribution >= 4 is 9.76 Å². The summed E-state index contributed by atoms with van der Waals surface area (Å²) in [6, 6.07) is 0. The molecule has 0 rings (SSSR count). The van der Waals surface area contributed by atoms with Crippen LogP contribution in [-0.2, 0) is 23.4 Å². The maximum Gasteiger partial charge on any atom is 0.307 e. The van der Waals surface area contributed by atoms with E-state index in [9.17, 15) is 0 Å². The van der Waals surface area contributed by atoms with Gasteiger partial charge in [-0.25, -0.2) is 0 Å². The first-order valence-electron chi connectivity index (χ1n) is 4.66. The molecule has 0 saturated heterocycles. The predicted octanol–water partition coefficient (Wildman–Crippen LogP) is -0.160. The molecule has 0 atom stereocenters. The molecular weight excluding hydrogens is 216 g/mol. The Morgan fingerprint density at radius 1 is 1.13 bits per heavy atom. The highest BCUT2D eigenvalue weighted by molar-refractivity contribution is 6.33. The van der Waals surface area contributed by atoms with Gasteiger partial charge in [-0.15, -0.1) is 6.58 Å². The minimum atomic E-state index is -1.12. The zero-order valence-electron chi connectivity index (χ0n) is 9.65. The van der Waals surface area contributed by atoms with Crippen LogP contribution in [0.5, 0.6) is 0 Å². The van der Waals surface area contributed by atoms with Gasteiger partial charge in [0.25, 0.3) is 0 Å². The van der Waals surface area contributed by atoms with E-state index in [1.165, 1.54) is 21.3 Å². The number of hydrogen-bond acceptors (Lipinski definition) is 5. The molecule has 6 heteroatoms. The summed E-state index contributed by atoms with van der Waals surface area (Å²) in [6.07, 6.45) is 0. The second kappa shape index (κ2) is 9.02. The summed E-state index contributed by atoms with van der Waals surface area (Å²) in [5, 5.41) is 0. The molecular formula is C9H20O5Si. The van der Waals surface area contributed by atoms with E-state index in [0.29, 0.717) is 13.2 Å². The van der Waals surface area contributed by atoms with Crippen LogP contribution in [0.25, 0.3) is 0 Å². The maximum atomic E-state index is 5.31. The molecule has 0 amide bonds. The van der Waals surface area contributed by atoms with Crippen molar-refractivity contribution in [3.8, 4) is 0 Å². The average Bonchev–Trinajstić information content (AvgIpc) is 2.29. The van der Waals surface area contributed by atoms with Crippen molar-refractivity contribution in [1.82, 2.24) is 0 Å². The first-order valence-corrected chi connectivity index (χ1v) is 6.06. The van der Waals surface area contributed by atoms with Crippen molar-refractivity contribution in [1.29, 1.82) is 0 Å². The van der Waals surface area contributed by atoms with Crippen molar-refractivity contribution in [2.75, 3.05) is 41.2 Å². The van der Waals surface area contributed by atoms with Crippen molar-refractivity contribution in [3.63, 3.8) is 0 Å². The van der Waals surface area contributed by atoms with Crippen LogP contribution in [0.3, 0.4) is 0 Å². The summed E-state index contributed by atoms with van der Waals surface area (Å²) in [4.78, 5) is 0. The van der Waals surface area contributed by atoms with Crippen molar-refractivity contribution in [3.05, 3.63) is 12.3 Å². The fourth-order valence-electron chi connectivity index (χ4n) is 0.908. The Morgan fingerprint density at radius 3 is 2.20 bits per heavy atom. The molecule has 0 aromatic rings. The van der Waals surface area contributed by atoms with Crippen LogP contribution in [0.15, 0.2) is 12.3 Å². The molecule has 0 fully saturated rings. The topological polar surface area (TPSA) is 46.2 Å². The van der Waals surface area contributed by atoms with Gasteiger partial charge in [-0.3, -0.25) is 0 Å². The monoisotopic (exact) mass is 236 g/mol. The molecule has 0 aromatic heterocycles. The van der Waals surface area contributed by atoms with Crippen LogP contribution in [0.4, 0.5) is 0 Å². The fraction of sp³-hybridized carbons (Fsp3) is 0.778. The normalized spacial score (nSPS) is 12.5. The Kier molecular flexibility index (Phi) is 8.87. The van der Waals surface area contributed by atoms with E-state index < -0.39 is 15.7 Å². The summed E-state index contributed by atoms with van der Waals surface area (Å²) in [5.74, 6) is -1.12. The molecule has 0 aliphatic rings. The highest BCUT2D eigenvalue weighted by Crippen LogP contribution is 2.11. The lowest BCUT2D eigenvalue weighted by Gasteiger charge is -2.28. The minimum absolute atomic E-state index is 0.204. The lowest BCUT2D eigenvalue weighted by atomic mass is 10.6. The SMILES string of the molecule is C=C[SiH2]OCCOCC(OC)(OC)OC. The smallest absolute Gasteiger partial charge is 0.307 e. The van der Waals surface area contributed by atoms with Gasteiger partial charge in [-0.1, -0.05) is 5.70 Å². The van der Waals surface area contributed by atoms with E-state index in [1.807, 2.05) is 5.70 Å². The van der Waals surface area contributed by atoms with E-state index in [2.05, 4.69) is 6.58 Å². The molecule has 0 aromatic carbocycles. The molecule has 0 saturated carbocycles. The molecule has 0 unspecified atom stereocenters. The van der Waals surface area contributed by atoms with Gasteiger partial charge >= 0.3 is 5.97 Å². The van der Waals surface area contributed by atoms with Crippen LogP contribution in [-0.4, -0.2) is 56.9 Å². The third-order valence-corrected chi connectivity index (χ3v) is 2.58. The van der Waals surface area contributed by atoms with Gasteiger partial charge in [-0.2, -0.15) is 0 Å². The zero-order valence-corrected chi connectivity index (χ0v) is 11.1. The second-order valence-electron chi connectivity index (χ2n) is 2.71. The summed E-state index contributed by atoms with van der Waals surface area (Å²) in [5.41, 5.74) is 1.82. The predicted molar refractivity (Wildman–Crippen MR) is 59.3 cm³/mol. The Morgan fingerprint density at radius 2 is 1.73 bits per heavy atom. The Bertz CT molecular complexity index is 152. The highest BCUT2D eigenvalue weighted by Gasteiger charge is 2.29. The van der Waals surface area contributed by atoms with Gasteiger partial charge in [-0.05, 0) is 0 Å². The lowest BCUT2D eigenvalue weighted by Crippen LogP contribution is -2.41. The summed E-state index contributed by atoms with van der Waals surface area (Å²) in [7, 11) is 3.93. The van der Waals surface area contributed by atoms with Crippen molar-refractivity contribution in [2.45, 2.75) is 5.97 Å². The van der Waals surface area contributed by atoms with Crippen molar-refractivity contribution in [2.24, 2.45) is 0 Å².